The van der Waals surface area contributed by atoms with Gasteiger partial charge in [-0.25, -0.2) is 4.79 Å². The molecular formula is C13H23N4O5P. The third-order valence-corrected chi connectivity index (χ3v) is 5.70. The number of anilines is 1. The van der Waals surface area contributed by atoms with Gasteiger partial charge in [0, 0.05) is 19.7 Å². The van der Waals surface area contributed by atoms with Crippen LogP contribution < -0.4 is 11.4 Å². The largest absolute Gasteiger partial charge is 0.383 e. The quantitative estimate of drug-likeness (QED) is 0.734. The van der Waals surface area contributed by atoms with Gasteiger partial charge in [0.05, 0.1) is 25.4 Å². The minimum Gasteiger partial charge on any atom is -0.383 e. The molecule has 1 aromatic rings. The van der Waals surface area contributed by atoms with E-state index in [0.29, 0.717) is 19.6 Å². The highest BCUT2D eigenvalue weighted by atomic mass is 31.2. The topological polar surface area (TPSA) is 109 Å². The standard InChI is InChI=1S/C13H23N4O5P/c1-4-20-23(19,21-5-2)9-10-8-12(22-16(10)3)17-7-6-11(14)15-13(17)18/h6-7,10,12H,4-5,8-9H2,1-3H3,(H2,14,15,18)/t10-,12-/m1/s1. The lowest BCUT2D eigenvalue weighted by Crippen LogP contribution is -2.28. The van der Waals surface area contributed by atoms with Crippen LogP contribution in [-0.2, 0) is 18.5 Å². The molecule has 0 unspecified atom stereocenters. The van der Waals surface area contributed by atoms with Crippen molar-refractivity contribution in [3.8, 4) is 0 Å². The molecule has 130 valence electrons. The highest BCUT2D eigenvalue weighted by Gasteiger charge is 2.38. The van der Waals surface area contributed by atoms with E-state index in [1.807, 2.05) is 0 Å². The van der Waals surface area contributed by atoms with Crippen molar-refractivity contribution in [2.24, 2.45) is 0 Å². The molecule has 10 heteroatoms. The van der Waals surface area contributed by atoms with Gasteiger partial charge in [-0.3, -0.25) is 14.0 Å². The van der Waals surface area contributed by atoms with E-state index in [2.05, 4.69) is 4.98 Å². The summed E-state index contributed by atoms with van der Waals surface area (Å²) in [6.45, 7) is 4.14. The lowest BCUT2D eigenvalue weighted by atomic mass is 10.2. The van der Waals surface area contributed by atoms with Crippen molar-refractivity contribution in [3.05, 3.63) is 22.7 Å². The van der Waals surface area contributed by atoms with Gasteiger partial charge < -0.3 is 14.8 Å². The molecule has 1 aliphatic heterocycles. The fraction of sp³-hybridized carbons (Fsp3) is 0.692. The van der Waals surface area contributed by atoms with Crippen LogP contribution in [0, 0.1) is 0 Å². The normalized spacial score (nSPS) is 22.6. The highest BCUT2D eigenvalue weighted by molar-refractivity contribution is 7.53. The van der Waals surface area contributed by atoms with Gasteiger partial charge in [0.25, 0.3) is 0 Å². The zero-order valence-electron chi connectivity index (χ0n) is 13.5. The lowest BCUT2D eigenvalue weighted by molar-refractivity contribution is -0.164. The molecule has 2 rings (SSSR count). The molecule has 0 aromatic carbocycles. The Balaban J connectivity index is 2.11. The number of hydrogen-bond donors (Lipinski definition) is 1. The van der Waals surface area contributed by atoms with Crippen molar-refractivity contribution in [2.45, 2.75) is 32.5 Å². The number of nitrogen functional groups attached to an aromatic ring is 1. The van der Waals surface area contributed by atoms with Crippen LogP contribution >= 0.6 is 7.60 Å². The van der Waals surface area contributed by atoms with E-state index in [1.54, 1.807) is 26.0 Å². The third kappa shape index (κ3) is 4.39. The first kappa shape index (κ1) is 18.1. The number of rotatable bonds is 7. The maximum absolute atomic E-state index is 12.6. The van der Waals surface area contributed by atoms with Gasteiger partial charge >= 0.3 is 13.3 Å². The first-order valence-corrected chi connectivity index (χ1v) is 9.23. The minimum absolute atomic E-state index is 0.159. The fourth-order valence-electron chi connectivity index (χ4n) is 2.50. The molecule has 2 heterocycles. The van der Waals surface area contributed by atoms with Gasteiger partial charge in [0.15, 0.2) is 6.23 Å². The molecule has 2 N–H and O–H groups in total. The lowest BCUT2D eigenvalue weighted by Gasteiger charge is -2.22. The number of hydroxylamine groups is 2. The van der Waals surface area contributed by atoms with Crippen LogP contribution in [0.3, 0.4) is 0 Å². The van der Waals surface area contributed by atoms with E-state index >= 15 is 0 Å². The summed E-state index contributed by atoms with van der Waals surface area (Å²) >= 11 is 0. The summed E-state index contributed by atoms with van der Waals surface area (Å²) in [5.41, 5.74) is 5.00. The molecular weight excluding hydrogens is 323 g/mol. The first-order valence-electron chi connectivity index (χ1n) is 7.51. The van der Waals surface area contributed by atoms with E-state index < -0.39 is 19.5 Å². The Morgan fingerprint density at radius 3 is 2.65 bits per heavy atom. The predicted molar refractivity (Wildman–Crippen MR) is 84.9 cm³/mol. The Morgan fingerprint density at radius 1 is 1.43 bits per heavy atom. The second-order valence-corrected chi connectivity index (χ2v) is 7.27. The van der Waals surface area contributed by atoms with Crippen molar-refractivity contribution in [2.75, 3.05) is 32.2 Å². The molecule has 0 spiro atoms. The summed E-state index contributed by atoms with van der Waals surface area (Å²) in [4.78, 5) is 21.3. The summed E-state index contributed by atoms with van der Waals surface area (Å²) in [7, 11) is -1.46. The molecule has 1 fully saturated rings. The maximum atomic E-state index is 12.6. The summed E-state index contributed by atoms with van der Waals surface area (Å²) in [6.07, 6.45) is 1.67. The van der Waals surface area contributed by atoms with Crippen molar-refractivity contribution in [1.82, 2.24) is 14.6 Å². The zero-order valence-corrected chi connectivity index (χ0v) is 14.4. The predicted octanol–water partition coefficient (Wildman–Crippen LogP) is 1.23. The van der Waals surface area contributed by atoms with Gasteiger partial charge in [-0.05, 0) is 19.9 Å². The molecule has 9 nitrogen and oxygen atoms in total. The Bertz CT molecular complexity index is 627. The second kappa shape index (κ2) is 7.55. The van der Waals surface area contributed by atoms with Crippen LogP contribution in [0.4, 0.5) is 5.82 Å². The Labute approximate surface area is 134 Å². The molecule has 0 bridgehead atoms. The molecule has 0 aliphatic carbocycles. The van der Waals surface area contributed by atoms with Crippen LogP contribution in [0.5, 0.6) is 0 Å². The van der Waals surface area contributed by atoms with Crippen molar-refractivity contribution >= 4 is 13.4 Å². The molecule has 1 saturated heterocycles. The molecule has 0 radical (unpaired) electrons. The SMILES string of the molecule is CCOP(=O)(C[C@H]1C[C@H](n2ccc(N)nc2=O)ON1C)OCC. The number of nitrogens with two attached hydrogens (primary N) is 1. The fourth-order valence-corrected chi connectivity index (χ4v) is 4.46. The van der Waals surface area contributed by atoms with Gasteiger partial charge in [0.1, 0.15) is 5.82 Å². The summed E-state index contributed by atoms with van der Waals surface area (Å²) in [5, 5.41) is 1.58. The van der Waals surface area contributed by atoms with E-state index in [4.69, 9.17) is 19.6 Å². The van der Waals surface area contributed by atoms with E-state index in [9.17, 15) is 9.36 Å². The molecule has 1 aromatic heterocycles. The van der Waals surface area contributed by atoms with Gasteiger partial charge in [-0.2, -0.15) is 10.0 Å². The Morgan fingerprint density at radius 2 is 2.09 bits per heavy atom. The van der Waals surface area contributed by atoms with Crippen molar-refractivity contribution < 1.29 is 18.5 Å². The second-order valence-electron chi connectivity index (χ2n) is 5.17. The third-order valence-electron chi connectivity index (χ3n) is 3.52. The molecule has 2 atom stereocenters. The summed E-state index contributed by atoms with van der Waals surface area (Å²) in [6, 6.07) is 1.33. The van der Waals surface area contributed by atoms with Crippen LogP contribution in [0.2, 0.25) is 0 Å². The van der Waals surface area contributed by atoms with Crippen LogP contribution in [-0.4, -0.2) is 47.1 Å². The zero-order chi connectivity index (χ0) is 17.0. The molecule has 0 saturated carbocycles. The van der Waals surface area contributed by atoms with Crippen LogP contribution in [0.25, 0.3) is 0 Å². The average Bonchev–Trinajstić information content (AvgIpc) is 2.79. The van der Waals surface area contributed by atoms with Crippen LogP contribution in [0.15, 0.2) is 17.1 Å². The number of aromatic nitrogens is 2. The monoisotopic (exact) mass is 346 g/mol. The van der Waals surface area contributed by atoms with Crippen molar-refractivity contribution in [1.29, 1.82) is 0 Å². The van der Waals surface area contributed by atoms with Gasteiger partial charge in [0.2, 0.25) is 0 Å². The van der Waals surface area contributed by atoms with Gasteiger partial charge in [-0.15, -0.1) is 0 Å². The summed E-state index contributed by atoms with van der Waals surface area (Å²) in [5.74, 6) is 0.159. The first-order chi connectivity index (χ1) is 10.9. The number of hydrogen-bond acceptors (Lipinski definition) is 8. The van der Waals surface area contributed by atoms with Gasteiger partial charge in [-0.1, -0.05) is 0 Å². The van der Waals surface area contributed by atoms with Crippen molar-refractivity contribution in [3.63, 3.8) is 0 Å². The van der Waals surface area contributed by atoms with E-state index in [-0.39, 0.29) is 18.0 Å². The highest BCUT2D eigenvalue weighted by Crippen LogP contribution is 2.50. The maximum Gasteiger partial charge on any atom is 0.351 e. The summed E-state index contributed by atoms with van der Waals surface area (Å²) < 4.78 is 24.6. The molecule has 1 aliphatic rings. The van der Waals surface area contributed by atoms with E-state index in [0.717, 1.165) is 0 Å². The van der Waals surface area contributed by atoms with E-state index in [1.165, 1.54) is 16.8 Å². The average molecular weight is 346 g/mol. The molecule has 0 amide bonds. The van der Waals surface area contributed by atoms with Crippen LogP contribution in [0.1, 0.15) is 26.5 Å². The number of nitrogens with zero attached hydrogens (tertiary/aromatic N) is 3. The smallest absolute Gasteiger partial charge is 0.351 e. The Hall–Kier alpha value is -1.25. The minimum atomic E-state index is -3.19. The Kier molecular flexibility index (Phi) is 5.94. The molecule has 23 heavy (non-hydrogen) atoms.